The molecule has 1 aromatic carbocycles. The first-order chi connectivity index (χ1) is 7.03. The Morgan fingerprint density at radius 1 is 1.40 bits per heavy atom. The van der Waals surface area contributed by atoms with E-state index in [1.165, 1.54) is 0 Å². The number of ether oxygens (including phenoxy) is 1. The number of hydrogen-bond donors (Lipinski definition) is 1. The Labute approximate surface area is 91.2 Å². The molecule has 0 aliphatic carbocycles. The van der Waals surface area contributed by atoms with Gasteiger partial charge < -0.3 is 9.84 Å². The number of aliphatic hydroxyl groups excluding tert-OH is 1. The van der Waals surface area contributed by atoms with Gasteiger partial charge in [0.15, 0.2) is 0 Å². The van der Waals surface area contributed by atoms with E-state index in [0.29, 0.717) is 5.75 Å². The maximum absolute atomic E-state index is 10.2. The second kappa shape index (κ2) is 4.49. The molecule has 2 nitrogen and oxygen atoms in total. The maximum Gasteiger partial charge on any atom is 0.124 e. The predicted octanol–water partition coefficient (Wildman–Crippen LogP) is 2.94. The van der Waals surface area contributed by atoms with Crippen LogP contribution in [0.25, 0.3) is 0 Å². The molecule has 0 spiro atoms. The molecule has 1 rings (SSSR count). The van der Waals surface area contributed by atoms with Gasteiger partial charge in [-0.25, -0.2) is 0 Å². The van der Waals surface area contributed by atoms with E-state index in [1.54, 1.807) is 13.2 Å². The minimum absolute atomic E-state index is 0.366. The summed E-state index contributed by atoms with van der Waals surface area (Å²) in [5.41, 5.74) is 0.430. The topological polar surface area (TPSA) is 29.5 Å². The van der Waals surface area contributed by atoms with Crippen LogP contribution in [0.2, 0.25) is 0 Å². The zero-order valence-corrected chi connectivity index (χ0v) is 9.53. The summed E-state index contributed by atoms with van der Waals surface area (Å²) in [6.45, 7) is 7.62. The highest BCUT2D eigenvalue weighted by Crippen LogP contribution is 2.38. The van der Waals surface area contributed by atoms with Crippen molar-refractivity contribution in [3.63, 3.8) is 0 Å². The van der Waals surface area contributed by atoms with E-state index in [1.807, 2.05) is 38.1 Å². The summed E-state index contributed by atoms with van der Waals surface area (Å²) in [5, 5.41) is 10.2. The van der Waals surface area contributed by atoms with Gasteiger partial charge in [0, 0.05) is 11.0 Å². The zero-order chi connectivity index (χ0) is 11.5. The van der Waals surface area contributed by atoms with Crippen molar-refractivity contribution in [1.29, 1.82) is 0 Å². The van der Waals surface area contributed by atoms with Crippen LogP contribution >= 0.6 is 0 Å². The molecule has 1 atom stereocenters. The van der Waals surface area contributed by atoms with E-state index in [4.69, 9.17) is 4.74 Å². The fraction of sp³-hybridized carbons (Fsp3) is 0.385. The molecule has 0 saturated carbocycles. The lowest BCUT2D eigenvalue weighted by atomic mass is 9.82. The van der Waals surface area contributed by atoms with Crippen LogP contribution < -0.4 is 4.74 Å². The van der Waals surface area contributed by atoms with Crippen LogP contribution in [0.4, 0.5) is 0 Å². The Morgan fingerprint density at radius 2 is 2.00 bits per heavy atom. The van der Waals surface area contributed by atoms with Crippen LogP contribution in [0.3, 0.4) is 0 Å². The zero-order valence-electron chi connectivity index (χ0n) is 9.53. The normalized spacial score (nSPS) is 13.3. The number of benzene rings is 1. The Kier molecular flexibility index (Phi) is 3.53. The van der Waals surface area contributed by atoms with Crippen molar-refractivity contribution in [2.45, 2.75) is 20.0 Å². The van der Waals surface area contributed by atoms with E-state index in [2.05, 4.69) is 6.58 Å². The second-order valence-corrected chi connectivity index (χ2v) is 4.17. The van der Waals surface area contributed by atoms with E-state index in [0.717, 1.165) is 5.56 Å². The van der Waals surface area contributed by atoms with E-state index in [9.17, 15) is 5.11 Å². The Bertz CT molecular complexity index is 342. The molecule has 0 bridgehead atoms. The van der Waals surface area contributed by atoms with Gasteiger partial charge in [-0.05, 0) is 6.07 Å². The van der Waals surface area contributed by atoms with E-state index < -0.39 is 6.10 Å². The highest BCUT2D eigenvalue weighted by atomic mass is 16.5. The predicted molar refractivity (Wildman–Crippen MR) is 61.9 cm³/mol. The summed E-state index contributed by atoms with van der Waals surface area (Å²) in [7, 11) is 1.60. The molecule has 1 N–H and O–H groups in total. The summed E-state index contributed by atoms with van der Waals surface area (Å²) in [6.07, 6.45) is 1.15. The maximum atomic E-state index is 10.2. The van der Waals surface area contributed by atoms with Crippen molar-refractivity contribution in [2.24, 2.45) is 5.41 Å². The van der Waals surface area contributed by atoms with Gasteiger partial charge in [-0.3, -0.25) is 0 Å². The highest BCUT2D eigenvalue weighted by molar-refractivity contribution is 5.36. The Morgan fingerprint density at radius 3 is 2.53 bits per heavy atom. The third-order valence-corrected chi connectivity index (χ3v) is 2.66. The van der Waals surface area contributed by atoms with E-state index in [-0.39, 0.29) is 5.41 Å². The van der Waals surface area contributed by atoms with Crippen LogP contribution in [-0.2, 0) is 0 Å². The molecule has 15 heavy (non-hydrogen) atoms. The minimum atomic E-state index is -0.605. The molecule has 0 aliphatic heterocycles. The van der Waals surface area contributed by atoms with Crippen molar-refractivity contribution < 1.29 is 9.84 Å². The van der Waals surface area contributed by atoms with Gasteiger partial charge in [0.2, 0.25) is 0 Å². The largest absolute Gasteiger partial charge is 0.496 e. The highest BCUT2D eigenvalue weighted by Gasteiger charge is 2.27. The Balaban J connectivity index is 3.10. The number of aliphatic hydroxyl groups is 1. The summed E-state index contributed by atoms with van der Waals surface area (Å²) in [5.74, 6) is 0.708. The van der Waals surface area contributed by atoms with Crippen LogP contribution in [0, 0.1) is 5.41 Å². The molecular formula is C13H18O2. The number of hydrogen-bond acceptors (Lipinski definition) is 2. The van der Waals surface area contributed by atoms with Gasteiger partial charge in [-0.2, -0.15) is 0 Å². The van der Waals surface area contributed by atoms with Crippen molar-refractivity contribution in [2.75, 3.05) is 7.11 Å². The third-order valence-electron chi connectivity index (χ3n) is 2.66. The van der Waals surface area contributed by atoms with Gasteiger partial charge in [0.1, 0.15) is 5.75 Å². The number of methoxy groups -OCH3 is 1. The first-order valence-electron chi connectivity index (χ1n) is 4.97. The minimum Gasteiger partial charge on any atom is -0.496 e. The summed E-state index contributed by atoms with van der Waals surface area (Å²) < 4.78 is 5.21. The first-order valence-corrected chi connectivity index (χ1v) is 4.97. The quantitative estimate of drug-likeness (QED) is 0.767. The first kappa shape index (κ1) is 11.8. The molecule has 1 unspecified atom stereocenters. The summed E-state index contributed by atoms with van der Waals surface area (Å²) >= 11 is 0. The number of para-hydroxylation sites is 1. The van der Waals surface area contributed by atoms with E-state index >= 15 is 0 Å². The van der Waals surface area contributed by atoms with Crippen LogP contribution in [0.15, 0.2) is 36.9 Å². The molecular weight excluding hydrogens is 188 g/mol. The van der Waals surface area contributed by atoms with Crippen molar-refractivity contribution >= 4 is 0 Å². The average Bonchev–Trinajstić information content (AvgIpc) is 2.28. The van der Waals surface area contributed by atoms with Gasteiger partial charge in [0.25, 0.3) is 0 Å². The number of rotatable bonds is 4. The average molecular weight is 206 g/mol. The van der Waals surface area contributed by atoms with Gasteiger partial charge in [-0.1, -0.05) is 38.1 Å². The fourth-order valence-corrected chi connectivity index (χ4v) is 1.40. The molecule has 0 fully saturated rings. The van der Waals surface area contributed by atoms with Crippen molar-refractivity contribution in [1.82, 2.24) is 0 Å². The molecule has 0 heterocycles. The Hall–Kier alpha value is -1.28. The van der Waals surface area contributed by atoms with Crippen LogP contribution in [-0.4, -0.2) is 12.2 Å². The summed E-state index contributed by atoms with van der Waals surface area (Å²) in [4.78, 5) is 0. The SMILES string of the molecule is C=CC(C)(C)C(O)c1ccccc1OC. The van der Waals surface area contributed by atoms with Crippen molar-refractivity contribution in [3.8, 4) is 5.75 Å². The molecule has 1 aromatic rings. The molecule has 0 saturated heterocycles. The van der Waals surface area contributed by atoms with Gasteiger partial charge >= 0.3 is 0 Å². The molecule has 2 heteroatoms. The second-order valence-electron chi connectivity index (χ2n) is 4.17. The van der Waals surface area contributed by atoms with Crippen molar-refractivity contribution in [3.05, 3.63) is 42.5 Å². The summed E-state index contributed by atoms with van der Waals surface area (Å²) in [6, 6.07) is 7.49. The van der Waals surface area contributed by atoms with Crippen LogP contribution in [0.5, 0.6) is 5.75 Å². The molecule has 0 aromatic heterocycles. The smallest absolute Gasteiger partial charge is 0.124 e. The molecule has 0 amide bonds. The lowest BCUT2D eigenvalue weighted by Crippen LogP contribution is -2.19. The fourth-order valence-electron chi connectivity index (χ4n) is 1.40. The van der Waals surface area contributed by atoms with Gasteiger partial charge in [0.05, 0.1) is 13.2 Å². The monoisotopic (exact) mass is 206 g/mol. The van der Waals surface area contributed by atoms with Crippen LogP contribution in [0.1, 0.15) is 25.5 Å². The third kappa shape index (κ3) is 2.39. The lowest BCUT2D eigenvalue weighted by molar-refractivity contribution is 0.0797. The lowest BCUT2D eigenvalue weighted by Gasteiger charge is -2.28. The molecule has 82 valence electrons. The molecule has 0 aliphatic rings. The standard InChI is InChI=1S/C13H18O2/c1-5-13(2,3)12(14)10-8-6-7-9-11(10)15-4/h5-9,12,14H,1H2,2-4H3. The van der Waals surface area contributed by atoms with Gasteiger partial charge in [-0.15, -0.1) is 6.58 Å². The molecule has 0 radical (unpaired) electrons.